The summed E-state index contributed by atoms with van der Waals surface area (Å²) in [5.41, 5.74) is 2.65. The predicted octanol–water partition coefficient (Wildman–Crippen LogP) is 2.63. The number of aliphatic hydroxyl groups is 1. The number of aromatic hydroxyl groups is 1. The lowest BCUT2D eigenvalue weighted by atomic mass is 10.0. The molecule has 0 aliphatic carbocycles. The van der Waals surface area contributed by atoms with E-state index in [0.717, 1.165) is 24.8 Å². The Morgan fingerprint density at radius 1 is 1.08 bits per heavy atom. The van der Waals surface area contributed by atoms with Crippen LogP contribution in [0, 0.1) is 5.92 Å². The first kappa shape index (κ1) is 16.5. The Kier molecular flexibility index (Phi) is 5.16. The first-order valence-corrected chi connectivity index (χ1v) is 8.43. The van der Waals surface area contributed by atoms with Gasteiger partial charge in [0.15, 0.2) is 0 Å². The molecule has 1 heterocycles. The number of nitrogens with zero attached hydrogens (tertiary/aromatic N) is 1. The van der Waals surface area contributed by atoms with Crippen molar-refractivity contribution in [3.8, 4) is 5.75 Å². The summed E-state index contributed by atoms with van der Waals surface area (Å²) in [6, 6.07) is 15.5. The molecule has 1 fully saturated rings. The summed E-state index contributed by atoms with van der Waals surface area (Å²) >= 11 is 0. The van der Waals surface area contributed by atoms with E-state index in [2.05, 4.69) is 12.1 Å². The highest BCUT2D eigenvalue weighted by Crippen LogP contribution is 2.24. The van der Waals surface area contributed by atoms with Crippen LogP contribution < -0.4 is 0 Å². The summed E-state index contributed by atoms with van der Waals surface area (Å²) in [6.45, 7) is 1.30. The van der Waals surface area contributed by atoms with Crippen LogP contribution in [0.1, 0.15) is 27.9 Å². The van der Waals surface area contributed by atoms with Gasteiger partial charge in [0.1, 0.15) is 5.75 Å². The van der Waals surface area contributed by atoms with Crippen molar-refractivity contribution in [2.45, 2.75) is 19.3 Å². The molecule has 4 nitrogen and oxygen atoms in total. The van der Waals surface area contributed by atoms with E-state index in [1.165, 1.54) is 5.56 Å². The first-order valence-electron chi connectivity index (χ1n) is 8.43. The zero-order chi connectivity index (χ0) is 16.9. The molecule has 0 spiro atoms. The van der Waals surface area contributed by atoms with Crippen molar-refractivity contribution in [1.29, 1.82) is 0 Å². The van der Waals surface area contributed by atoms with Crippen LogP contribution in [-0.4, -0.2) is 40.7 Å². The number of rotatable bonds is 5. The van der Waals surface area contributed by atoms with Crippen LogP contribution in [0.25, 0.3) is 0 Å². The SMILES string of the molecule is O=C(c1cc(CCc2ccccc2)ccc1O)N1CCC(CO)C1. The molecule has 2 aromatic rings. The molecule has 1 atom stereocenters. The third-order valence-corrected chi connectivity index (χ3v) is 4.67. The number of hydrogen-bond donors (Lipinski definition) is 2. The van der Waals surface area contributed by atoms with Gasteiger partial charge < -0.3 is 15.1 Å². The zero-order valence-electron chi connectivity index (χ0n) is 13.7. The molecule has 126 valence electrons. The second-order valence-electron chi connectivity index (χ2n) is 6.43. The number of aryl methyl sites for hydroxylation is 2. The molecule has 1 amide bonds. The highest BCUT2D eigenvalue weighted by Gasteiger charge is 2.27. The molecule has 3 rings (SSSR count). The highest BCUT2D eigenvalue weighted by molar-refractivity contribution is 5.97. The van der Waals surface area contributed by atoms with Crippen LogP contribution >= 0.6 is 0 Å². The number of hydrogen-bond acceptors (Lipinski definition) is 3. The number of carbonyl (C=O) groups is 1. The van der Waals surface area contributed by atoms with E-state index in [9.17, 15) is 15.0 Å². The lowest BCUT2D eigenvalue weighted by Crippen LogP contribution is -2.29. The summed E-state index contributed by atoms with van der Waals surface area (Å²) in [5, 5.41) is 19.3. The van der Waals surface area contributed by atoms with E-state index in [1.54, 1.807) is 17.0 Å². The van der Waals surface area contributed by atoms with E-state index in [0.29, 0.717) is 18.7 Å². The monoisotopic (exact) mass is 325 g/mol. The molecule has 2 aromatic carbocycles. The minimum absolute atomic E-state index is 0.0240. The third kappa shape index (κ3) is 3.77. The fraction of sp³-hybridized carbons (Fsp3) is 0.350. The van der Waals surface area contributed by atoms with Gasteiger partial charge in [0, 0.05) is 25.6 Å². The largest absolute Gasteiger partial charge is 0.507 e. The summed E-state index contributed by atoms with van der Waals surface area (Å²) in [4.78, 5) is 14.4. The molecule has 1 unspecified atom stereocenters. The molecule has 1 aliphatic rings. The quantitative estimate of drug-likeness (QED) is 0.888. The van der Waals surface area contributed by atoms with Crippen molar-refractivity contribution in [2.24, 2.45) is 5.92 Å². The predicted molar refractivity (Wildman–Crippen MR) is 93.1 cm³/mol. The van der Waals surface area contributed by atoms with Gasteiger partial charge in [-0.05, 0) is 42.5 Å². The van der Waals surface area contributed by atoms with Crippen LogP contribution in [0.5, 0.6) is 5.75 Å². The van der Waals surface area contributed by atoms with Crippen molar-refractivity contribution in [3.63, 3.8) is 0 Å². The third-order valence-electron chi connectivity index (χ3n) is 4.67. The standard InChI is InChI=1S/C20H23NO3/c22-14-17-10-11-21(13-17)20(24)18-12-16(8-9-19(18)23)7-6-15-4-2-1-3-5-15/h1-5,8-9,12,17,22-23H,6-7,10-11,13-14H2. The molecular weight excluding hydrogens is 302 g/mol. The Balaban J connectivity index is 1.70. The average Bonchev–Trinajstić information content (AvgIpc) is 3.10. The highest BCUT2D eigenvalue weighted by atomic mass is 16.3. The van der Waals surface area contributed by atoms with Gasteiger partial charge in [-0.25, -0.2) is 0 Å². The normalized spacial score (nSPS) is 17.2. The number of likely N-dealkylation sites (tertiary alicyclic amines) is 1. The number of aliphatic hydroxyl groups excluding tert-OH is 1. The zero-order valence-corrected chi connectivity index (χ0v) is 13.7. The minimum Gasteiger partial charge on any atom is -0.507 e. The van der Waals surface area contributed by atoms with Gasteiger partial charge in [0.25, 0.3) is 5.91 Å². The molecule has 24 heavy (non-hydrogen) atoms. The summed E-state index contributed by atoms with van der Waals surface area (Å²) in [7, 11) is 0. The maximum absolute atomic E-state index is 12.6. The van der Waals surface area contributed by atoms with Gasteiger partial charge in [-0.2, -0.15) is 0 Å². The van der Waals surface area contributed by atoms with Gasteiger partial charge in [0.2, 0.25) is 0 Å². The van der Waals surface area contributed by atoms with E-state index < -0.39 is 0 Å². The van der Waals surface area contributed by atoms with Gasteiger partial charge in [-0.15, -0.1) is 0 Å². The van der Waals surface area contributed by atoms with Crippen molar-refractivity contribution < 1.29 is 15.0 Å². The molecule has 0 bridgehead atoms. The van der Waals surface area contributed by atoms with E-state index in [4.69, 9.17) is 0 Å². The molecule has 0 saturated carbocycles. The van der Waals surface area contributed by atoms with Gasteiger partial charge in [0.05, 0.1) is 5.56 Å². The topological polar surface area (TPSA) is 60.8 Å². The number of phenols is 1. The van der Waals surface area contributed by atoms with Crippen molar-refractivity contribution in [2.75, 3.05) is 19.7 Å². The molecule has 0 radical (unpaired) electrons. The Morgan fingerprint density at radius 2 is 1.83 bits per heavy atom. The van der Waals surface area contributed by atoms with E-state index in [1.807, 2.05) is 24.3 Å². The Morgan fingerprint density at radius 3 is 2.54 bits per heavy atom. The molecule has 4 heteroatoms. The lowest BCUT2D eigenvalue weighted by Gasteiger charge is -2.17. The number of phenolic OH excluding ortho intramolecular Hbond substituents is 1. The second-order valence-corrected chi connectivity index (χ2v) is 6.43. The van der Waals surface area contributed by atoms with Crippen molar-refractivity contribution in [1.82, 2.24) is 4.90 Å². The summed E-state index contributed by atoms with van der Waals surface area (Å²) in [6.07, 6.45) is 2.54. The van der Waals surface area contributed by atoms with Crippen molar-refractivity contribution in [3.05, 3.63) is 65.2 Å². The second kappa shape index (κ2) is 7.49. The number of carbonyl (C=O) groups excluding carboxylic acids is 1. The van der Waals surface area contributed by atoms with Crippen LogP contribution in [0.3, 0.4) is 0 Å². The minimum atomic E-state index is -0.148. The molecule has 1 saturated heterocycles. The van der Waals surface area contributed by atoms with Crippen LogP contribution in [0.15, 0.2) is 48.5 Å². The fourth-order valence-corrected chi connectivity index (χ4v) is 3.18. The van der Waals surface area contributed by atoms with Gasteiger partial charge in [-0.1, -0.05) is 36.4 Å². The first-order chi connectivity index (χ1) is 11.7. The summed E-state index contributed by atoms with van der Waals surface area (Å²) in [5.74, 6) is 0.0262. The molecule has 2 N–H and O–H groups in total. The Bertz CT molecular complexity index is 699. The van der Waals surface area contributed by atoms with Crippen molar-refractivity contribution >= 4 is 5.91 Å². The maximum Gasteiger partial charge on any atom is 0.257 e. The smallest absolute Gasteiger partial charge is 0.257 e. The Hall–Kier alpha value is -2.33. The molecule has 0 aromatic heterocycles. The summed E-state index contributed by atoms with van der Waals surface area (Å²) < 4.78 is 0. The van der Waals surface area contributed by atoms with E-state index >= 15 is 0 Å². The fourth-order valence-electron chi connectivity index (χ4n) is 3.18. The lowest BCUT2D eigenvalue weighted by molar-refractivity contribution is 0.0779. The maximum atomic E-state index is 12.6. The number of benzene rings is 2. The number of amides is 1. The average molecular weight is 325 g/mol. The van der Waals surface area contributed by atoms with Crippen LogP contribution in [0.2, 0.25) is 0 Å². The van der Waals surface area contributed by atoms with Gasteiger partial charge >= 0.3 is 0 Å². The van der Waals surface area contributed by atoms with Crippen LogP contribution in [-0.2, 0) is 12.8 Å². The van der Waals surface area contributed by atoms with Crippen LogP contribution in [0.4, 0.5) is 0 Å². The molecule has 1 aliphatic heterocycles. The van der Waals surface area contributed by atoms with Gasteiger partial charge in [-0.3, -0.25) is 4.79 Å². The van der Waals surface area contributed by atoms with E-state index in [-0.39, 0.29) is 24.2 Å². The Labute approximate surface area is 142 Å². The molecular formula is C20H23NO3.